The van der Waals surface area contributed by atoms with Gasteiger partial charge in [-0.05, 0) is 6.92 Å². The molecule has 0 aliphatic heterocycles. The maximum absolute atomic E-state index is 11.4. The quantitative estimate of drug-likeness (QED) is 0.571. The number of carbonyl (C=O) groups excluding carboxylic acids is 1. The Morgan fingerprint density at radius 1 is 1.36 bits per heavy atom. The molecule has 11 nitrogen and oxygen atoms in total. The molecule has 0 aliphatic carbocycles. The number of aromatic hydroxyl groups is 1. The minimum atomic E-state index is -0.932. The number of nitrogens with one attached hydrogen (secondary N) is 2. The molecule has 0 radical (unpaired) electrons. The highest BCUT2D eigenvalue weighted by atomic mass is 32.1. The van der Waals surface area contributed by atoms with E-state index in [9.17, 15) is 30.1 Å². The number of hydrogen-bond donors (Lipinski definition) is 3. The number of anilines is 1. The van der Waals surface area contributed by atoms with Gasteiger partial charge in [0, 0.05) is 6.54 Å². The lowest BCUT2D eigenvalue weighted by Crippen LogP contribution is -2.28. The number of fused-ring (bicyclic) bond motifs is 1. The van der Waals surface area contributed by atoms with Gasteiger partial charge in [-0.1, -0.05) is 11.3 Å². The summed E-state index contributed by atoms with van der Waals surface area (Å²) >= 11 is 0.699. The third-order valence-electron chi connectivity index (χ3n) is 2.55. The number of thiazole rings is 1. The van der Waals surface area contributed by atoms with Crippen molar-refractivity contribution in [3.05, 3.63) is 26.3 Å². The van der Waals surface area contributed by atoms with Gasteiger partial charge in [-0.3, -0.25) is 25.5 Å². The molecule has 1 heterocycles. The van der Waals surface area contributed by atoms with Crippen molar-refractivity contribution in [3.8, 4) is 5.75 Å². The predicted molar refractivity (Wildman–Crippen MR) is 77.3 cm³/mol. The van der Waals surface area contributed by atoms with Gasteiger partial charge in [-0.2, -0.15) is 0 Å². The number of nitrogens with zero attached hydrogens (tertiary/aromatic N) is 3. The summed E-state index contributed by atoms with van der Waals surface area (Å²) in [7, 11) is 0. The Kier molecular flexibility index (Phi) is 4.03. The van der Waals surface area contributed by atoms with Crippen LogP contribution in [0.5, 0.6) is 5.75 Å². The van der Waals surface area contributed by atoms with E-state index >= 15 is 0 Å². The van der Waals surface area contributed by atoms with E-state index in [1.54, 1.807) is 6.92 Å². The Morgan fingerprint density at radius 2 is 2.00 bits per heavy atom. The first-order chi connectivity index (χ1) is 10.3. The van der Waals surface area contributed by atoms with Crippen LogP contribution in [-0.4, -0.2) is 32.5 Å². The molecule has 0 aliphatic rings. The normalized spacial score (nSPS) is 10.4. The number of benzene rings is 1. The van der Waals surface area contributed by atoms with E-state index in [0.29, 0.717) is 23.9 Å². The van der Waals surface area contributed by atoms with Gasteiger partial charge >= 0.3 is 17.4 Å². The molecule has 2 rings (SSSR count). The molecule has 22 heavy (non-hydrogen) atoms. The summed E-state index contributed by atoms with van der Waals surface area (Å²) in [4.78, 5) is 35.3. The average molecular weight is 327 g/mol. The second kappa shape index (κ2) is 5.77. The van der Waals surface area contributed by atoms with Crippen molar-refractivity contribution in [1.29, 1.82) is 0 Å². The van der Waals surface area contributed by atoms with E-state index in [-0.39, 0.29) is 15.3 Å². The summed E-state index contributed by atoms with van der Waals surface area (Å²) in [6.07, 6.45) is 0. The van der Waals surface area contributed by atoms with Gasteiger partial charge in [0.15, 0.2) is 10.6 Å². The lowest BCUT2D eigenvalue weighted by molar-refractivity contribution is -0.393. The van der Waals surface area contributed by atoms with Gasteiger partial charge in [0.25, 0.3) is 0 Å². The van der Waals surface area contributed by atoms with E-state index in [0.717, 1.165) is 0 Å². The number of nitro groups is 2. The van der Waals surface area contributed by atoms with E-state index < -0.39 is 33.0 Å². The summed E-state index contributed by atoms with van der Waals surface area (Å²) in [5.41, 5.74) is -1.66. The maximum Gasteiger partial charge on any atom is 0.321 e. The molecule has 0 fully saturated rings. The van der Waals surface area contributed by atoms with Crippen molar-refractivity contribution >= 4 is 44.1 Å². The molecule has 0 spiro atoms. The zero-order valence-electron chi connectivity index (χ0n) is 11.0. The fourth-order valence-electron chi connectivity index (χ4n) is 1.67. The minimum absolute atomic E-state index is 0.0279. The number of amides is 2. The second-order valence-electron chi connectivity index (χ2n) is 3.96. The Balaban J connectivity index is 2.61. The van der Waals surface area contributed by atoms with Crippen molar-refractivity contribution < 1.29 is 19.7 Å². The highest BCUT2D eigenvalue weighted by molar-refractivity contribution is 7.22. The zero-order chi connectivity index (χ0) is 16.4. The molecule has 2 amide bonds. The van der Waals surface area contributed by atoms with Crippen molar-refractivity contribution in [2.24, 2.45) is 0 Å². The zero-order valence-corrected chi connectivity index (χ0v) is 11.8. The molecule has 1 aromatic carbocycles. The molecule has 12 heteroatoms. The van der Waals surface area contributed by atoms with Crippen molar-refractivity contribution in [3.63, 3.8) is 0 Å². The number of hydrogen-bond acceptors (Lipinski definition) is 8. The Labute approximate surface area is 125 Å². The second-order valence-corrected chi connectivity index (χ2v) is 4.96. The summed E-state index contributed by atoms with van der Waals surface area (Å²) in [5, 5.41) is 36.4. The van der Waals surface area contributed by atoms with Gasteiger partial charge < -0.3 is 10.4 Å². The molecule has 1 aromatic heterocycles. The van der Waals surface area contributed by atoms with Crippen LogP contribution in [0.3, 0.4) is 0 Å². The minimum Gasteiger partial charge on any atom is -0.501 e. The Morgan fingerprint density at radius 3 is 2.55 bits per heavy atom. The van der Waals surface area contributed by atoms with Crippen LogP contribution in [0.25, 0.3) is 10.2 Å². The van der Waals surface area contributed by atoms with Gasteiger partial charge in [0.1, 0.15) is 10.8 Å². The van der Waals surface area contributed by atoms with E-state index in [1.807, 2.05) is 0 Å². The molecular weight excluding hydrogens is 318 g/mol. The first-order valence-corrected chi connectivity index (χ1v) is 6.67. The summed E-state index contributed by atoms with van der Waals surface area (Å²) in [6, 6.07) is 0.0472. The fraction of sp³-hybridized carbons (Fsp3) is 0.200. The van der Waals surface area contributed by atoms with Crippen LogP contribution >= 0.6 is 11.3 Å². The highest BCUT2D eigenvalue weighted by Gasteiger charge is 2.28. The van der Waals surface area contributed by atoms with Crippen LogP contribution in [0.1, 0.15) is 6.92 Å². The van der Waals surface area contributed by atoms with Crippen molar-refractivity contribution in [2.45, 2.75) is 6.92 Å². The van der Waals surface area contributed by atoms with Crippen molar-refractivity contribution in [1.82, 2.24) is 10.3 Å². The van der Waals surface area contributed by atoms with Crippen LogP contribution in [0.15, 0.2) is 6.07 Å². The fourth-order valence-corrected chi connectivity index (χ4v) is 2.59. The molecule has 3 N–H and O–H groups in total. The third-order valence-corrected chi connectivity index (χ3v) is 3.53. The van der Waals surface area contributed by atoms with E-state index in [2.05, 4.69) is 15.6 Å². The molecule has 0 saturated carbocycles. The summed E-state index contributed by atoms with van der Waals surface area (Å²) in [6.45, 7) is 2.05. The average Bonchev–Trinajstić information content (AvgIpc) is 2.82. The number of non-ortho nitro benzene ring substituents is 1. The number of rotatable bonds is 4. The Bertz CT molecular complexity index is 788. The largest absolute Gasteiger partial charge is 0.501 e. The predicted octanol–water partition coefficient (Wildman–Crippen LogP) is 1.96. The van der Waals surface area contributed by atoms with Crippen molar-refractivity contribution in [2.75, 3.05) is 11.9 Å². The summed E-state index contributed by atoms with van der Waals surface area (Å²) in [5.74, 6) is -0.730. The number of nitro benzene ring substituents is 2. The van der Waals surface area contributed by atoms with Crippen LogP contribution in [-0.2, 0) is 0 Å². The van der Waals surface area contributed by atoms with Gasteiger partial charge in [-0.15, -0.1) is 0 Å². The van der Waals surface area contributed by atoms with Crippen LogP contribution in [0, 0.1) is 20.2 Å². The number of phenols is 1. The molecule has 0 saturated heterocycles. The topological polar surface area (TPSA) is 161 Å². The molecule has 0 bridgehead atoms. The first-order valence-electron chi connectivity index (χ1n) is 5.85. The monoisotopic (exact) mass is 327 g/mol. The van der Waals surface area contributed by atoms with Crippen LogP contribution in [0.2, 0.25) is 0 Å². The molecule has 0 unspecified atom stereocenters. The van der Waals surface area contributed by atoms with Crippen LogP contribution in [0.4, 0.5) is 21.3 Å². The number of carbonyl (C=O) groups is 1. The SMILES string of the molecule is CCNC(=O)Nc1nc2c([N+](=O)[O-])cc([N+](=O)[O-])c(O)c2s1. The third kappa shape index (κ3) is 2.71. The lowest BCUT2D eigenvalue weighted by atomic mass is 10.2. The van der Waals surface area contributed by atoms with E-state index in [4.69, 9.17) is 0 Å². The number of urea groups is 1. The molecule has 116 valence electrons. The van der Waals surface area contributed by atoms with E-state index in [1.165, 1.54) is 0 Å². The molecule has 0 atom stereocenters. The molecular formula is C10H9N5O6S. The molecule has 2 aromatic rings. The van der Waals surface area contributed by atoms with Gasteiger partial charge in [-0.25, -0.2) is 9.78 Å². The smallest absolute Gasteiger partial charge is 0.321 e. The van der Waals surface area contributed by atoms with Crippen LogP contribution < -0.4 is 10.6 Å². The first kappa shape index (κ1) is 15.4. The number of phenolic OH excluding ortho intramolecular Hbond substituents is 1. The standard InChI is InChI=1S/C10H9N5O6S/c1-2-11-9(17)13-10-12-6-4(14(18)19)3-5(15(20)21)7(16)8(6)22-10/h3,16H,2H2,1H3,(H2,11,12,13,17). The maximum atomic E-state index is 11.4. The summed E-state index contributed by atoms with van der Waals surface area (Å²) < 4.78 is -0.146. The number of aromatic nitrogens is 1. The Hall–Kier alpha value is -3.02. The van der Waals surface area contributed by atoms with Gasteiger partial charge in [0.2, 0.25) is 5.75 Å². The lowest BCUT2D eigenvalue weighted by Gasteiger charge is -2.00. The van der Waals surface area contributed by atoms with Gasteiger partial charge in [0.05, 0.1) is 9.85 Å². The highest BCUT2D eigenvalue weighted by Crippen LogP contribution is 2.44.